The van der Waals surface area contributed by atoms with Gasteiger partial charge in [-0.25, -0.2) is 0 Å². The van der Waals surface area contributed by atoms with E-state index in [0.717, 1.165) is 36.1 Å². The fourth-order valence-electron chi connectivity index (χ4n) is 3.58. The Morgan fingerprint density at radius 2 is 1.89 bits per heavy atom. The molecule has 0 aromatic heterocycles. The minimum atomic E-state index is -0.614. The fraction of sp³-hybridized carbons (Fsp3) is 0.636. The molecule has 2 N–H and O–H groups in total. The molecule has 1 unspecified atom stereocenters. The smallest absolute Gasteiger partial charge is 0.309 e. The van der Waals surface area contributed by atoms with Crippen molar-refractivity contribution in [3.63, 3.8) is 0 Å². The lowest BCUT2D eigenvalue weighted by molar-refractivity contribution is -0.140. The van der Waals surface area contributed by atoms with Crippen molar-refractivity contribution in [1.82, 2.24) is 10.6 Å². The summed E-state index contributed by atoms with van der Waals surface area (Å²) in [7, 11) is 1.67. The molecule has 2 amide bonds. The monoisotopic (exact) mass is 390 g/mol. The number of carbonyl (C=O) groups is 2. The van der Waals surface area contributed by atoms with Gasteiger partial charge in [-0.1, -0.05) is 26.0 Å². The van der Waals surface area contributed by atoms with Crippen molar-refractivity contribution in [2.24, 2.45) is 11.8 Å². The molecule has 1 atom stereocenters. The molecule has 0 radical (unpaired) electrons. The third-order valence-corrected chi connectivity index (χ3v) is 4.97. The number of hydrogen-bond acceptors (Lipinski definition) is 4. The highest BCUT2D eigenvalue weighted by molar-refractivity contribution is 6.35. The zero-order valence-corrected chi connectivity index (χ0v) is 17.7. The average molecular weight is 391 g/mol. The van der Waals surface area contributed by atoms with Crippen LogP contribution in [0.1, 0.15) is 51.2 Å². The van der Waals surface area contributed by atoms with Crippen LogP contribution in [0.25, 0.3) is 0 Å². The van der Waals surface area contributed by atoms with Gasteiger partial charge in [0.25, 0.3) is 0 Å². The molecule has 1 aromatic rings. The summed E-state index contributed by atoms with van der Waals surface area (Å²) in [5.41, 5.74) is 1.96. The Labute approximate surface area is 168 Å². The van der Waals surface area contributed by atoms with Gasteiger partial charge in [0, 0.05) is 31.9 Å². The molecule has 0 bridgehead atoms. The lowest BCUT2D eigenvalue weighted by Crippen LogP contribution is -2.50. The maximum absolute atomic E-state index is 12.2. The normalized spacial score (nSPS) is 19.6. The summed E-state index contributed by atoms with van der Waals surface area (Å²) >= 11 is 0. The van der Waals surface area contributed by atoms with Crippen LogP contribution >= 0.6 is 0 Å². The van der Waals surface area contributed by atoms with Crippen molar-refractivity contribution < 1.29 is 19.1 Å². The van der Waals surface area contributed by atoms with Gasteiger partial charge < -0.3 is 20.1 Å². The van der Waals surface area contributed by atoms with E-state index in [1.54, 1.807) is 7.11 Å². The van der Waals surface area contributed by atoms with E-state index < -0.39 is 11.8 Å². The number of carbonyl (C=O) groups excluding carboxylic acids is 2. The van der Waals surface area contributed by atoms with Crippen molar-refractivity contribution in [3.05, 3.63) is 29.3 Å². The molecule has 1 fully saturated rings. The summed E-state index contributed by atoms with van der Waals surface area (Å²) in [6.07, 6.45) is 2.75. The van der Waals surface area contributed by atoms with Gasteiger partial charge in [0.15, 0.2) is 0 Å². The Hall–Kier alpha value is -2.08. The van der Waals surface area contributed by atoms with Gasteiger partial charge in [0.1, 0.15) is 5.75 Å². The third kappa shape index (κ3) is 6.82. The molecule has 156 valence electrons. The first-order valence-electron chi connectivity index (χ1n) is 10.1. The summed E-state index contributed by atoms with van der Waals surface area (Å²) in [5, 5.41) is 5.49. The van der Waals surface area contributed by atoms with Gasteiger partial charge in [-0.3, -0.25) is 9.59 Å². The van der Waals surface area contributed by atoms with Crippen molar-refractivity contribution in [2.75, 3.05) is 13.7 Å². The van der Waals surface area contributed by atoms with Crippen molar-refractivity contribution in [2.45, 2.75) is 65.6 Å². The molecule has 1 aromatic carbocycles. The van der Waals surface area contributed by atoms with E-state index in [2.05, 4.69) is 24.5 Å². The van der Waals surface area contributed by atoms with E-state index in [1.807, 2.05) is 32.0 Å². The SMILES string of the molecule is COCC1CC(NC(=O)C(=O)NCc2ccc(C)cc2OC(C)CC(C)C)C1. The summed E-state index contributed by atoms with van der Waals surface area (Å²) < 4.78 is 11.2. The molecular formula is C22H34N2O4. The molecule has 1 aliphatic rings. The molecule has 6 heteroatoms. The van der Waals surface area contributed by atoms with Gasteiger partial charge >= 0.3 is 11.8 Å². The minimum absolute atomic E-state index is 0.0635. The van der Waals surface area contributed by atoms with Crippen LogP contribution < -0.4 is 15.4 Å². The van der Waals surface area contributed by atoms with Gasteiger partial charge in [0.2, 0.25) is 0 Å². The maximum atomic E-state index is 12.2. The standard InChI is InChI=1S/C22H34N2O4/c1-14(2)8-16(4)28-20-9-15(3)6-7-18(20)12-23-21(25)22(26)24-19-10-17(11-19)13-27-5/h6-7,9,14,16-17,19H,8,10-13H2,1-5H3,(H,23,25)(H,24,26). The van der Waals surface area contributed by atoms with Crippen LogP contribution in [0.4, 0.5) is 0 Å². The molecule has 0 spiro atoms. The van der Waals surface area contributed by atoms with E-state index in [1.165, 1.54) is 0 Å². The second kappa shape index (κ2) is 10.5. The summed E-state index contributed by atoms with van der Waals surface area (Å²) in [5.74, 6) is 0.580. The van der Waals surface area contributed by atoms with Gasteiger partial charge in [-0.15, -0.1) is 0 Å². The van der Waals surface area contributed by atoms with E-state index in [0.29, 0.717) is 18.4 Å². The first kappa shape index (κ1) is 22.2. The molecule has 2 rings (SSSR count). The molecule has 0 aliphatic heterocycles. The highest BCUT2D eigenvalue weighted by Gasteiger charge is 2.31. The Bertz CT molecular complexity index is 669. The summed E-state index contributed by atoms with van der Waals surface area (Å²) in [4.78, 5) is 24.2. The topological polar surface area (TPSA) is 76.7 Å². The Morgan fingerprint density at radius 1 is 1.18 bits per heavy atom. The second-order valence-corrected chi connectivity index (χ2v) is 8.32. The summed E-state index contributed by atoms with van der Waals surface area (Å²) in [6, 6.07) is 5.95. The molecule has 0 heterocycles. The Balaban J connectivity index is 1.85. The van der Waals surface area contributed by atoms with Gasteiger partial charge in [-0.05, 0) is 56.6 Å². The number of amides is 2. The second-order valence-electron chi connectivity index (χ2n) is 8.32. The molecule has 6 nitrogen and oxygen atoms in total. The minimum Gasteiger partial charge on any atom is -0.490 e. The van der Waals surface area contributed by atoms with Crippen molar-refractivity contribution in [3.8, 4) is 5.75 Å². The van der Waals surface area contributed by atoms with E-state index >= 15 is 0 Å². The zero-order chi connectivity index (χ0) is 20.7. The van der Waals surface area contributed by atoms with Crippen LogP contribution in [0.5, 0.6) is 5.75 Å². The van der Waals surface area contributed by atoms with E-state index in [9.17, 15) is 9.59 Å². The molecule has 1 saturated carbocycles. The molecule has 28 heavy (non-hydrogen) atoms. The predicted molar refractivity (Wildman–Crippen MR) is 109 cm³/mol. The zero-order valence-electron chi connectivity index (χ0n) is 17.7. The Kier molecular flexibility index (Phi) is 8.30. The van der Waals surface area contributed by atoms with Crippen LogP contribution in [0.2, 0.25) is 0 Å². The lowest BCUT2D eigenvalue weighted by Gasteiger charge is -2.35. The van der Waals surface area contributed by atoms with Crippen LogP contribution in [0.3, 0.4) is 0 Å². The fourth-order valence-corrected chi connectivity index (χ4v) is 3.58. The number of methoxy groups -OCH3 is 1. The lowest BCUT2D eigenvalue weighted by atomic mass is 9.81. The third-order valence-electron chi connectivity index (χ3n) is 4.97. The van der Waals surface area contributed by atoms with Gasteiger partial charge in [0.05, 0.1) is 6.10 Å². The highest BCUT2D eigenvalue weighted by atomic mass is 16.5. The Morgan fingerprint density at radius 3 is 2.54 bits per heavy atom. The van der Waals surface area contributed by atoms with Crippen molar-refractivity contribution >= 4 is 11.8 Å². The van der Waals surface area contributed by atoms with Crippen molar-refractivity contribution in [1.29, 1.82) is 0 Å². The van der Waals surface area contributed by atoms with Crippen LogP contribution in [0.15, 0.2) is 18.2 Å². The number of hydrogen-bond donors (Lipinski definition) is 2. The number of rotatable bonds is 9. The number of aryl methyl sites for hydroxylation is 1. The first-order chi connectivity index (χ1) is 13.3. The highest BCUT2D eigenvalue weighted by Crippen LogP contribution is 2.27. The predicted octanol–water partition coefficient (Wildman–Crippen LogP) is 2.97. The largest absolute Gasteiger partial charge is 0.490 e. The van der Waals surface area contributed by atoms with Crippen LogP contribution in [-0.4, -0.2) is 37.7 Å². The average Bonchev–Trinajstić information content (AvgIpc) is 2.58. The molecule has 0 saturated heterocycles. The molecule has 1 aliphatic carbocycles. The van der Waals surface area contributed by atoms with Gasteiger partial charge in [-0.2, -0.15) is 0 Å². The van der Waals surface area contributed by atoms with E-state index in [4.69, 9.17) is 9.47 Å². The summed E-state index contributed by atoms with van der Waals surface area (Å²) in [6.45, 7) is 9.33. The number of benzene rings is 1. The van der Waals surface area contributed by atoms with Crippen LogP contribution in [-0.2, 0) is 20.9 Å². The molecular weight excluding hydrogens is 356 g/mol. The van der Waals surface area contributed by atoms with E-state index in [-0.39, 0.29) is 18.7 Å². The quantitative estimate of drug-likeness (QED) is 0.636. The number of nitrogens with one attached hydrogen (secondary N) is 2. The number of ether oxygens (including phenoxy) is 2. The van der Waals surface area contributed by atoms with Crippen LogP contribution in [0, 0.1) is 18.8 Å². The maximum Gasteiger partial charge on any atom is 0.309 e. The first-order valence-corrected chi connectivity index (χ1v) is 10.1.